The monoisotopic (exact) mass is 291 g/mol. The molecule has 108 valence electrons. The quantitative estimate of drug-likeness (QED) is 0.466. The third-order valence-corrected chi connectivity index (χ3v) is 4.67. The SMILES string of the molecule is Cc1n(C)c2c([n+]1C)C(=O)c1cc3ccccc3cc1C2=O. The minimum Gasteiger partial charge on any atom is -0.284 e. The lowest BCUT2D eigenvalue weighted by Crippen LogP contribution is -2.39. The molecule has 0 atom stereocenters. The number of carbonyl (C=O) groups is 2. The number of aromatic nitrogens is 2. The number of imidazole rings is 1. The third kappa shape index (κ3) is 1.44. The number of hydrogen-bond donors (Lipinski definition) is 0. The van der Waals surface area contributed by atoms with Crippen molar-refractivity contribution in [2.45, 2.75) is 6.92 Å². The van der Waals surface area contributed by atoms with Crippen molar-refractivity contribution >= 4 is 22.3 Å². The fourth-order valence-corrected chi connectivity index (χ4v) is 3.26. The summed E-state index contributed by atoms with van der Waals surface area (Å²) in [6, 6.07) is 11.4. The number of carbonyl (C=O) groups excluding carboxylic acids is 2. The Labute approximate surface area is 127 Å². The Morgan fingerprint density at radius 1 is 0.955 bits per heavy atom. The van der Waals surface area contributed by atoms with Crippen LogP contribution in [-0.2, 0) is 14.1 Å². The van der Waals surface area contributed by atoms with Crippen LogP contribution < -0.4 is 4.57 Å². The van der Waals surface area contributed by atoms with Gasteiger partial charge in [0.2, 0.25) is 23.0 Å². The Kier molecular flexibility index (Phi) is 2.43. The van der Waals surface area contributed by atoms with Gasteiger partial charge in [0.05, 0.1) is 14.1 Å². The van der Waals surface area contributed by atoms with Crippen LogP contribution in [0.15, 0.2) is 36.4 Å². The molecule has 1 aromatic heterocycles. The van der Waals surface area contributed by atoms with E-state index in [1.165, 1.54) is 0 Å². The molecule has 1 aliphatic rings. The largest absolute Gasteiger partial charge is 0.284 e. The summed E-state index contributed by atoms with van der Waals surface area (Å²) in [5.74, 6) is 0.715. The number of fused-ring (bicyclic) bond motifs is 3. The normalized spacial score (nSPS) is 13.4. The summed E-state index contributed by atoms with van der Waals surface area (Å²) in [7, 11) is 3.65. The van der Waals surface area contributed by atoms with Crippen LogP contribution in [0.3, 0.4) is 0 Å². The summed E-state index contributed by atoms with van der Waals surface area (Å²) in [5.41, 5.74) is 1.95. The number of ketones is 2. The molecule has 22 heavy (non-hydrogen) atoms. The van der Waals surface area contributed by atoms with Gasteiger partial charge < -0.3 is 0 Å². The van der Waals surface area contributed by atoms with Crippen molar-refractivity contribution in [2.24, 2.45) is 14.1 Å². The van der Waals surface area contributed by atoms with Crippen LogP contribution in [0.2, 0.25) is 0 Å². The van der Waals surface area contributed by atoms with Crippen molar-refractivity contribution in [1.82, 2.24) is 4.57 Å². The van der Waals surface area contributed by atoms with Crippen molar-refractivity contribution in [3.05, 3.63) is 64.7 Å². The first kappa shape index (κ1) is 13.0. The molecule has 4 nitrogen and oxygen atoms in total. The van der Waals surface area contributed by atoms with Crippen LogP contribution >= 0.6 is 0 Å². The van der Waals surface area contributed by atoms with Crippen molar-refractivity contribution in [3.63, 3.8) is 0 Å². The molecular weight excluding hydrogens is 276 g/mol. The maximum atomic E-state index is 12.9. The molecule has 4 rings (SSSR count). The van der Waals surface area contributed by atoms with E-state index in [4.69, 9.17) is 0 Å². The molecule has 0 spiro atoms. The fourth-order valence-electron chi connectivity index (χ4n) is 3.26. The van der Waals surface area contributed by atoms with Crippen LogP contribution in [0.4, 0.5) is 0 Å². The van der Waals surface area contributed by atoms with Gasteiger partial charge in [-0.15, -0.1) is 0 Å². The van der Waals surface area contributed by atoms with Crippen LogP contribution in [-0.4, -0.2) is 16.1 Å². The van der Waals surface area contributed by atoms with Gasteiger partial charge in [-0.25, -0.2) is 9.13 Å². The van der Waals surface area contributed by atoms with E-state index in [1.54, 1.807) is 9.13 Å². The molecule has 0 radical (unpaired) electrons. The lowest BCUT2D eigenvalue weighted by Gasteiger charge is -2.13. The van der Waals surface area contributed by atoms with Gasteiger partial charge in [0, 0.05) is 18.1 Å². The number of hydrogen-bond acceptors (Lipinski definition) is 2. The van der Waals surface area contributed by atoms with Crippen molar-refractivity contribution in [1.29, 1.82) is 0 Å². The van der Waals surface area contributed by atoms with Crippen molar-refractivity contribution < 1.29 is 14.2 Å². The van der Waals surface area contributed by atoms with E-state index in [0.29, 0.717) is 22.5 Å². The van der Waals surface area contributed by atoms with Crippen LogP contribution in [0.5, 0.6) is 0 Å². The lowest BCUT2D eigenvalue weighted by molar-refractivity contribution is -0.679. The highest BCUT2D eigenvalue weighted by Crippen LogP contribution is 2.29. The molecule has 1 aliphatic carbocycles. The fraction of sp³-hybridized carbons (Fsp3) is 0.167. The Bertz CT molecular complexity index is 918. The molecule has 0 amide bonds. The van der Waals surface area contributed by atoms with Gasteiger partial charge in [0.1, 0.15) is 0 Å². The van der Waals surface area contributed by atoms with Gasteiger partial charge in [0.25, 0.3) is 5.82 Å². The predicted octanol–water partition coefficient (Wildman–Crippen LogP) is 2.09. The molecule has 0 unspecified atom stereocenters. The van der Waals surface area contributed by atoms with E-state index in [2.05, 4.69) is 0 Å². The molecule has 0 fully saturated rings. The lowest BCUT2D eigenvalue weighted by atomic mass is 9.87. The molecule has 2 aromatic carbocycles. The zero-order valence-corrected chi connectivity index (χ0v) is 12.7. The van der Waals surface area contributed by atoms with E-state index in [1.807, 2.05) is 57.4 Å². The van der Waals surface area contributed by atoms with Gasteiger partial charge >= 0.3 is 0 Å². The average Bonchev–Trinajstić information content (AvgIpc) is 2.76. The predicted molar refractivity (Wildman–Crippen MR) is 82.1 cm³/mol. The topological polar surface area (TPSA) is 43.0 Å². The summed E-state index contributed by atoms with van der Waals surface area (Å²) in [5, 5.41) is 1.95. The minimum absolute atomic E-state index is 0.0819. The number of rotatable bonds is 0. The second-order valence-electron chi connectivity index (χ2n) is 5.77. The van der Waals surface area contributed by atoms with Crippen molar-refractivity contribution in [3.8, 4) is 0 Å². The Hall–Kier alpha value is -2.75. The number of benzene rings is 2. The first-order chi connectivity index (χ1) is 10.5. The van der Waals surface area contributed by atoms with Gasteiger partial charge in [-0.2, -0.15) is 0 Å². The highest BCUT2D eigenvalue weighted by molar-refractivity contribution is 6.27. The molecule has 4 heteroatoms. The minimum atomic E-state index is -0.0819. The van der Waals surface area contributed by atoms with E-state index >= 15 is 0 Å². The standard InChI is InChI=1S/C18H15N2O2/c1-10-19(2)15-16(20(10)3)18(22)14-9-12-7-5-4-6-11(12)8-13(14)17(15)21/h4-9H,1-3H3/q+1. The van der Waals surface area contributed by atoms with E-state index in [-0.39, 0.29) is 11.6 Å². The molecule has 0 aliphatic heterocycles. The highest BCUT2D eigenvalue weighted by Gasteiger charge is 2.41. The number of nitrogens with zero attached hydrogens (tertiary/aromatic N) is 2. The van der Waals surface area contributed by atoms with E-state index < -0.39 is 0 Å². The molecule has 0 N–H and O–H groups in total. The maximum absolute atomic E-state index is 12.9. The van der Waals surface area contributed by atoms with Gasteiger partial charge in [0.15, 0.2) is 0 Å². The summed E-state index contributed by atoms with van der Waals surface area (Å²) in [6.45, 7) is 1.90. The van der Waals surface area contributed by atoms with Gasteiger partial charge in [-0.1, -0.05) is 24.3 Å². The first-order valence-electron chi connectivity index (χ1n) is 7.18. The molecular formula is C18H15N2O2+. The van der Waals surface area contributed by atoms with Crippen LogP contribution in [0.1, 0.15) is 37.9 Å². The second kappa shape index (κ2) is 4.13. The Balaban J connectivity index is 2.10. The average molecular weight is 291 g/mol. The zero-order chi connectivity index (χ0) is 15.6. The Morgan fingerprint density at radius 3 is 2.09 bits per heavy atom. The maximum Gasteiger partial charge on any atom is 0.253 e. The third-order valence-electron chi connectivity index (χ3n) is 4.67. The molecule has 0 saturated carbocycles. The molecule has 1 heterocycles. The van der Waals surface area contributed by atoms with Crippen molar-refractivity contribution in [2.75, 3.05) is 0 Å². The molecule has 3 aromatic rings. The molecule has 0 saturated heterocycles. The smallest absolute Gasteiger partial charge is 0.253 e. The summed E-state index contributed by atoms with van der Waals surface area (Å²) < 4.78 is 3.60. The summed E-state index contributed by atoms with van der Waals surface area (Å²) in [4.78, 5) is 25.8. The Morgan fingerprint density at radius 2 is 1.50 bits per heavy atom. The van der Waals surface area contributed by atoms with E-state index in [9.17, 15) is 9.59 Å². The van der Waals surface area contributed by atoms with Crippen LogP contribution in [0, 0.1) is 6.92 Å². The molecule has 0 bridgehead atoms. The van der Waals surface area contributed by atoms with E-state index in [0.717, 1.165) is 16.6 Å². The first-order valence-corrected chi connectivity index (χ1v) is 7.18. The van der Waals surface area contributed by atoms with Gasteiger partial charge in [-0.05, 0) is 22.9 Å². The summed E-state index contributed by atoms with van der Waals surface area (Å²) in [6.07, 6.45) is 0. The summed E-state index contributed by atoms with van der Waals surface area (Å²) >= 11 is 0. The zero-order valence-electron chi connectivity index (χ0n) is 12.7. The highest BCUT2D eigenvalue weighted by atomic mass is 16.1. The van der Waals surface area contributed by atoms with Gasteiger partial charge in [-0.3, -0.25) is 9.59 Å². The second-order valence-corrected chi connectivity index (χ2v) is 5.77. The van der Waals surface area contributed by atoms with Crippen LogP contribution in [0.25, 0.3) is 10.8 Å².